The Morgan fingerprint density at radius 2 is 1.94 bits per heavy atom. The van der Waals surface area contributed by atoms with Crippen molar-refractivity contribution in [2.75, 3.05) is 0 Å². The third kappa shape index (κ3) is 2.78. The van der Waals surface area contributed by atoms with E-state index in [-0.39, 0.29) is 6.07 Å². The van der Waals surface area contributed by atoms with Crippen molar-refractivity contribution in [3.8, 4) is 0 Å². The van der Waals surface area contributed by atoms with Crippen molar-refractivity contribution in [3.05, 3.63) is 32.6 Å². The van der Waals surface area contributed by atoms with Crippen LogP contribution in [0.5, 0.6) is 0 Å². The third-order valence-corrected chi connectivity index (χ3v) is 1.96. The van der Waals surface area contributed by atoms with Crippen LogP contribution in [-0.4, -0.2) is 9.91 Å². The highest BCUT2D eigenvalue weighted by atomic mass is 35.5. The molecule has 0 fully saturated rings. The Labute approximate surface area is 95.2 Å². The van der Waals surface area contributed by atoms with E-state index in [0.717, 1.165) is 0 Å². The van der Waals surface area contributed by atoms with Crippen LogP contribution in [0.2, 0.25) is 5.02 Å². The molecule has 0 amide bonds. The maximum Gasteiger partial charge on any atom is 0.440 e. The standard InChI is InChI=1S/C7H2ClF5N2O2/c8-2-1-3(15(16)17)5(7(11,12)13)14-4(2)6(9)10/h1,6H. The largest absolute Gasteiger partial charge is 0.440 e. The Hall–Kier alpha value is -1.51. The molecule has 0 saturated heterocycles. The van der Waals surface area contributed by atoms with Crippen molar-refractivity contribution in [2.45, 2.75) is 12.6 Å². The zero-order chi connectivity index (χ0) is 13.4. The van der Waals surface area contributed by atoms with Gasteiger partial charge in [-0.15, -0.1) is 0 Å². The molecule has 0 aliphatic heterocycles. The summed E-state index contributed by atoms with van der Waals surface area (Å²) in [4.78, 5) is 11.4. The second kappa shape index (κ2) is 4.40. The molecule has 0 aromatic carbocycles. The van der Waals surface area contributed by atoms with Gasteiger partial charge in [-0.05, 0) is 0 Å². The summed E-state index contributed by atoms with van der Waals surface area (Å²) >= 11 is 5.18. The fraction of sp³-hybridized carbons (Fsp3) is 0.286. The van der Waals surface area contributed by atoms with E-state index < -0.39 is 39.6 Å². The van der Waals surface area contributed by atoms with Crippen LogP contribution in [-0.2, 0) is 6.18 Å². The van der Waals surface area contributed by atoms with E-state index in [0.29, 0.717) is 0 Å². The number of pyridine rings is 1. The molecule has 1 aromatic rings. The Bertz CT molecular complexity index is 462. The molecule has 0 aliphatic carbocycles. The molecule has 0 unspecified atom stereocenters. The topological polar surface area (TPSA) is 56.0 Å². The molecule has 0 radical (unpaired) electrons. The van der Waals surface area contributed by atoms with Crippen LogP contribution >= 0.6 is 11.6 Å². The molecule has 1 heterocycles. The van der Waals surface area contributed by atoms with Crippen LogP contribution in [0, 0.1) is 10.1 Å². The molecule has 0 aliphatic rings. The molecule has 94 valence electrons. The molecule has 0 bridgehead atoms. The van der Waals surface area contributed by atoms with Crippen LogP contribution in [0.25, 0.3) is 0 Å². The number of nitrogens with zero attached hydrogens (tertiary/aromatic N) is 2. The first-order chi connectivity index (χ1) is 7.64. The fourth-order valence-corrected chi connectivity index (χ4v) is 1.22. The summed E-state index contributed by atoms with van der Waals surface area (Å²) in [6.07, 6.45) is -8.57. The summed E-state index contributed by atoms with van der Waals surface area (Å²) in [5.74, 6) is 0. The van der Waals surface area contributed by atoms with E-state index in [2.05, 4.69) is 4.98 Å². The molecule has 0 spiro atoms. The molecule has 0 atom stereocenters. The van der Waals surface area contributed by atoms with Crippen LogP contribution < -0.4 is 0 Å². The molecular formula is C7H2ClF5N2O2. The van der Waals surface area contributed by atoms with Crippen molar-refractivity contribution in [1.82, 2.24) is 4.98 Å². The highest BCUT2D eigenvalue weighted by Gasteiger charge is 2.42. The molecule has 1 aromatic heterocycles. The predicted molar refractivity (Wildman–Crippen MR) is 45.9 cm³/mol. The summed E-state index contributed by atoms with van der Waals surface area (Å²) in [7, 11) is 0. The first-order valence-electron chi connectivity index (χ1n) is 3.84. The maximum atomic E-state index is 12.3. The maximum absolute atomic E-state index is 12.3. The monoisotopic (exact) mass is 276 g/mol. The van der Waals surface area contributed by atoms with Crippen molar-refractivity contribution in [1.29, 1.82) is 0 Å². The number of hydrogen-bond acceptors (Lipinski definition) is 3. The molecular weight excluding hydrogens is 275 g/mol. The van der Waals surface area contributed by atoms with E-state index in [4.69, 9.17) is 11.6 Å². The van der Waals surface area contributed by atoms with E-state index in [9.17, 15) is 32.1 Å². The van der Waals surface area contributed by atoms with Gasteiger partial charge in [0.25, 0.3) is 6.43 Å². The summed E-state index contributed by atoms with van der Waals surface area (Å²) < 4.78 is 61.5. The van der Waals surface area contributed by atoms with Crippen molar-refractivity contribution in [2.24, 2.45) is 0 Å². The van der Waals surface area contributed by atoms with Crippen molar-refractivity contribution >= 4 is 17.3 Å². The summed E-state index contributed by atoms with van der Waals surface area (Å²) in [5.41, 5.74) is -4.81. The Kier molecular flexibility index (Phi) is 3.51. The smallest absolute Gasteiger partial charge is 0.258 e. The van der Waals surface area contributed by atoms with E-state index >= 15 is 0 Å². The second-order valence-corrected chi connectivity index (χ2v) is 3.19. The molecule has 0 N–H and O–H groups in total. The van der Waals surface area contributed by atoms with Crippen molar-refractivity contribution < 1.29 is 26.9 Å². The van der Waals surface area contributed by atoms with Crippen LogP contribution in [0.3, 0.4) is 0 Å². The quantitative estimate of drug-likeness (QED) is 0.471. The number of hydrogen-bond donors (Lipinski definition) is 0. The average molecular weight is 277 g/mol. The Morgan fingerprint density at radius 3 is 2.29 bits per heavy atom. The number of alkyl halides is 5. The number of aromatic nitrogens is 1. The highest BCUT2D eigenvalue weighted by molar-refractivity contribution is 6.31. The van der Waals surface area contributed by atoms with E-state index in [1.54, 1.807) is 0 Å². The summed E-state index contributed by atoms with van der Waals surface area (Å²) in [5, 5.41) is 9.43. The minimum Gasteiger partial charge on any atom is -0.258 e. The van der Waals surface area contributed by atoms with Gasteiger partial charge in [0, 0.05) is 6.07 Å². The number of nitro groups is 1. The molecule has 0 saturated carbocycles. The molecule has 17 heavy (non-hydrogen) atoms. The summed E-state index contributed by atoms with van der Waals surface area (Å²) in [6, 6.07) is 0.207. The zero-order valence-electron chi connectivity index (χ0n) is 7.63. The number of rotatable bonds is 2. The SMILES string of the molecule is O=[N+]([O-])c1cc(Cl)c(C(F)F)nc1C(F)(F)F. The van der Waals surface area contributed by atoms with Gasteiger partial charge in [-0.1, -0.05) is 11.6 Å². The Morgan fingerprint density at radius 1 is 1.41 bits per heavy atom. The van der Waals surface area contributed by atoms with Gasteiger partial charge >= 0.3 is 11.9 Å². The average Bonchev–Trinajstić information content (AvgIpc) is 2.14. The first-order valence-corrected chi connectivity index (χ1v) is 4.22. The van der Waals surface area contributed by atoms with Gasteiger partial charge in [0.1, 0.15) is 5.69 Å². The van der Waals surface area contributed by atoms with Gasteiger partial charge in [-0.2, -0.15) is 13.2 Å². The highest BCUT2D eigenvalue weighted by Crippen LogP contribution is 2.38. The lowest BCUT2D eigenvalue weighted by Gasteiger charge is -2.09. The lowest BCUT2D eigenvalue weighted by molar-refractivity contribution is -0.388. The third-order valence-electron chi connectivity index (χ3n) is 1.65. The zero-order valence-corrected chi connectivity index (χ0v) is 8.39. The molecule has 1 rings (SSSR count). The van der Waals surface area contributed by atoms with Gasteiger partial charge in [-0.3, -0.25) is 10.1 Å². The van der Waals surface area contributed by atoms with Crippen LogP contribution in [0.1, 0.15) is 17.8 Å². The Balaban J connectivity index is 3.54. The van der Waals surface area contributed by atoms with Gasteiger partial charge in [0.05, 0.1) is 9.95 Å². The van der Waals surface area contributed by atoms with Gasteiger partial charge in [0.2, 0.25) is 5.69 Å². The van der Waals surface area contributed by atoms with Gasteiger partial charge in [0.15, 0.2) is 0 Å². The van der Waals surface area contributed by atoms with Gasteiger partial charge < -0.3 is 0 Å². The lowest BCUT2D eigenvalue weighted by atomic mass is 10.2. The summed E-state index contributed by atoms with van der Waals surface area (Å²) in [6.45, 7) is 0. The fourth-order valence-electron chi connectivity index (χ4n) is 0.994. The minimum absolute atomic E-state index is 0.207. The van der Waals surface area contributed by atoms with Crippen LogP contribution in [0.4, 0.5) is 27.6 Å². The second-order valence-electron chi connectivity index (χ2n) is 2.78. The first kappa shape index (κ1) is 13.6. The lowest BCUT2D eigenvalue weighted by Crippen LogP contribution is -2.13. The predicted octanol–water partition coefficient (Wildman–Crippen LogP) is 3.60. The molecule has 4 nitrogen and oxygen atoms in total. The van der Waals surface area contributed by atoms with E-state index in [1.807, 2.05) is 0 Å². The molecule has 10 heteroatoms. The normalized spacial score (nSPS) is 11.9. The van der Waals surface area contributed by atoms with Crippen molar-refractivity contribution in [3.63, 3.8) is 0 Å². The number of halogens is 6. The van der Waals surface area contributed by atoms with E-state index in [1.165, 1.54) is 0 Å². The van der Waals surface area contributed by atoms with Gasteiger partial charge in [-0.25, -0.2) is 13.8 Å². The van der Waals surface area contributed by atoms with Crippen LogP contribution in [0.15, 0.2) is 6.07 Å². The minimum atomic E-state index is -5.21.